The molecule has 0 aromatic heterocycles. The topological polar surface area (TPSA) is 73.9 Å². The summed E-state index contributed by atoms with van der Waals surface area (Å²) in [4.78, 5) is 23.6. The SMILES string of the molecule is CCCOCCOCCOCCC(=O)NC1CCC(C(=O)CC)CC1. The molecule has 0 unspecified atom stereocenters. The monoisotopic (exact) mass is 357 g/mol. The van der Waals surface area contributed by atoms with Crippen LogP contribution in [0.5, 0.6) is 0 Å². The number of carbonyl (C=O) groups excluding carboxylic acids is 2. The highest BCUT2D eigenvalue weighted by Gasteiger charge is 2.25. The van der Waals surface area contributed by atoms with Crippen molar-refractivity contribution in [1.82, 2.24) is 5.32 Å². The fourth-order valence-corrected chi connectivity index (χ4v) is 3.00. The first-order valence-electron chi connectivity index (χ1n) is 9.72. The molecule has 0 atom stereocenters. The number of hydrogen-bond donors (Lipinski definition) is 1. The molecule has 1 amide bonds. The third-order valence-corrected chi connectivity index (χ3v) is 4.46. The molecule has 146 valence electrons. The van der Waals surface area contributed by atoms with Gasteiger partial charge in [-0.25, -0.2) is 0 Å². The zero-order valence-corrected chi connectivity index (χ0v) is 15.9. The van der Waals surface area contributed by atoms with E-state index in [0.717, 1.165) is 38.7 Å². The lowest BCUT2D eigenvalue weighted by Crippen LogP contribution is -2.39. The van der Waals surface area contributed by atoms with Gasteiger partial charge in [0.15, 0.2) is 0 Å². The maximum absolute atomic E-state index is 11.9. The van der Waals surface area contributed by atoms with Crippen molar-refractivity contribution < 1.29 is 23.8 Å². The van der Waals surface area contributed by atoms with Crippen molar-refractivity contribution in [3.8, 4) is 0 Å². The Morgan fingerprint density at radius 2 is 1.40 bits per heavy atom. The zero-order valence-electron chi connectivity index (χ0n) is 15.9. The second kappa shape index (κ2) is 14.2. The molecule has 0 radical (unpaired) electrons. The van der Waals surface area contributed by atoms with Gasteiger partial charge in [-0.15, -0.1) is 0 Å². The Morgan fingerprint density at radius 1 is 0.840 bits per heavy atom. The summed E-state index contributed by atoms with van der Waals surface area (Å²) in [6, 6.07) is 0.208. The molecule has 1 rings (SSSR count). The lowest BCUT2D eigenvalue weighted by atomic mass is 9.83. The first-order chi connectivity index (χ1) is 12.2. The Morgan fingerprint density at radius 3 is 1.96 bits per heavy atom. The zero-order chi connectivity index (χ0) is 18.3. The van der Waals surface area contributed by atoms with Gasteiger partial charge >= 0.3 is 0 Å². The molecule has 25 heavy (non-hydrogen) atoms. The molecule has 0 aromatic carbocycles. The summed E-state index contributed by atoms with van der Waals surface area (Å²) in [5.74, 6) is 0.588. The first kappa shape index (κ1) is 22.1. The third-order valence-electron chi connectivity index (χ3n) is 4.46. The van der Waals surface area contributed by atoms with E-state index in [0.29, 0.717) is 51.7 Å². The predicted molar refractivity (Wildman–Crippen MR) is 96.6 cm³/mol. The maximum atomic E-state index is 11.9. The number of rotatable bonds is 14. The standard InChI is InChI=1S/C19H35NO5/c1-3-10-23-12-14-25-15-13-24-11-9-19(22)20-17-7-5-16(6-8-17)18(21)4-2/h16-17H,3-15H2,1-2H3,(H,20,22). The van der Waals surface area contributed by atoms with Gasteiger partial charge in [0.05, 0.1) is 33.0 Å². The Kier molecular flexibility index (Phi) is 12.5. The summed E-state index contributed by atoms with van der Waals surface area (Å²) in [6.45, 7) is 7.37. The van der Waals surface area contributed by atoms with E-state index in [2.05, 4.69) is 12.2 Å². The van der Waals surface area contributed by atoms with Crippen molar-refractivity contribution in [3.05, 3.63) is 0 Å². The molecule has 6 nitrogen and oxygen atoms in total. The number of amides is 1. The second-order valence-corrected chi connectivity index (χ2v) is 6.52. The normalized spacial score (nSPS) is 20.4. The molecule has 0 bridgehead atoms. The first-order valence-corrected chi connectivity index (χ1v) is 9.72. The van der Waals surface area contributed by atoms with E-state index < -0.39 is 0 Å². The second-order valence-electron chi connectivity index (χ2n) is 6.52. The van der Waals surface area contributed by atoms with Crippen LogP contribution in [0.15, 0.2) is 0 Å². The van der Waals surface area contributed by atoms with Crippen molar-refractivity contribution in [2.75, 3.05) is 39.6 Å². The van der Waals surface area contributed by atoms with Crippen molar-refractivity contribution in [1.29, 1.82) is 0 Å². The van der Waals surface area contributed by atoms with Crippen LogP contribution in [-0.2, 0) is 23.8 Å². The van der Waals surface area contributed by atoms with E-state index in [9.17, 15) is 9.59 Å². The molecule has 1 fully saturated rings. The molecule has 1 aliphatic carbocycles. The fourth-order valence-electron chi connectivity index (χ4n) is 3.00. The smallest absolute Gasteiger partial charge is 0.222 e. The molecule has 0 heterocycles. The highest BCUT2D eigenvalue weighted by Crippen LogP contribution is 2.25. The van der Waals surface area contributed by atoms with Crippen molar-refractivity contribution >= 4 is 11.7 Å². The minimum atomic E-state index is 0.0270. The van der Waals surface area contributed by atoms with Gasteiger partial charge in [0, 0.05) is 31.4 Å². The molecular weight excluding hydrogens is 322 g/mol. The number of Topliss-reactive ketones (excluding diaryl/α,β-unsaturated/α-hetero) is 1. The molecule has 0 spiro atoms. The molecule has 0 aliphatic heterocycles. The Balaban J connectivity index is 1.93. The lowest BCUT2D eigenvalue weighted by Gasteiger charge is -2.28. The Bertz CT molecular complexity index is 367. The predicted octanol–water partition coefficient (Wildman–Crippen LogP) is 2.49. The molecule has 6 heteroatoms. The van der Waals surface area contributed by atoms with E-state index >= 15 is 0 Å². The summed E-state index contributed by atoms with van der Waals surface area (Å²) in [6.07, 6.45) is 5.60. The van der Waals surface area contributed by atoms with Gasteiger partial charge < -0.3 is 19.5 Å². The van der Waals surface area contributed by atoms with Crippen LogP contribution in [0.4, 0.5) is 0 Å². The average Bonchev–Trinajstić information content (AvgIpc) is 2.63. The van der Waals surface area contributed by atoms with Crippen LogP contribution in [0, 0.1) is 5.92 Å². The van der Waals surface area contributed by atoms with E-state index in [1.807, 2.05) is 6.92 Å². The summed E-state index contributed by atoms with van der Waals surface area (Å²) >= 11 is 0. The van der Waals surface area contributed by atoms with Crippen LogP contribution >= 0.6 is 0 Å². The molecular formula is C19H35NO5. The van der Waals surface area contributed by atoms with Gasteiger partial charge in [-0.05, 0) is 32.1 Å². The minimum Gasteiger partial charge on any atom is -0.379 e. The van der Waals surface area contributed by atoms with Gasteiger partial charge in [0.25, 0.3) is 0 Å². The van der Waals surface area contributed by atoms with Gasteiger partial charge in [0.2, 0.25) is 5.91 Å². The number of ether oxygens (including phenoxy) is 3. The molecule has 0 saturated heterocycles. The highest BCUT2D eigenvalue weighted by molar-refractivity contribution is 5.80. The summed E-state index contributed by atoms with van der Waals surface area (Å²) < 4.78 is 16.1. The molecule has 1 saturated carbocycles. The number of hydrogen-bond acceptors (Lipinski definition) is 5. The third kappa shape index (κ3) is 10.6. The van der Waals surface area contributed by atoms with Gasteiger partial charge in [-0.3, -0.25) is 9.59 Å². The van der Waals surface area contributed by atoms with Crippen LogP contribution in [-0.4, -0.2) is 57.4 Å². The van der Waals surface area contributed by atoms with E-state index in [1.54, 1.807) is 0 Å². The van der Waals surface area contributed by atoms with Crippen LogP contribution in [0.25, 0.3) is 0 Å². The minimum absolute atomic E-state index is 0.0270. The van der Waals surface area contributed by atoms with Gasteiger partial charge in [0.1, 0.15) is 5.78 Å². The lowest BCUT2D eigenvalue weighted by molar-refractivity contribution is -0.124. The van der Waals surface area contributed by atoms with E-state index in [4.69, 9.17) is 14.2 Å². The van der Waals surface area contributed by atoms with Crippen LogP contribution < -0.4 is 5.32 Å². The summed E-state index contributed by atoms with van der Waals surface area (Å²) in [5, 5.41) is 3.05. The van der Waals surface area contributed by atoms with Crippen molar-refractivity contribution in [2.24, 2.45) is 5.92 Å². The highest BCUT2D eigenvalue weighted by atomic mass is 16.5. The van der Waals surface area contributed by atoms with Gasteiger partial charge in [-0.2, -0.15) is 0 Å². The number of ketones is 1. The van der Waals surface area contributed by atoms with Crippen LogP contribution in [0.3, 0.4) is 0 Å². The molecule has 1 N–H and O–H groups in total. The number of nitrogens with one attached hydrogen (secondary N) is 1. The Labute approximate surface area is 152 Å². The fraction of sp³-hybridized carbons (Fsp3) is 0.895. The molecule has 0 aromatic rings. The van der Waals surface area contributed by atoms with E-state index in [1.165, 1.54) is 0 Å². The van der Waals surface area contributed by atoms with Crippen LogP contribution in [0.1, 0.15) is 58.8 Å². The van der Waals surface area contributed by atoms with Crippen molar-refractivity contribution in [3.63, 3.8) is 0 Å². The van der Waals surface area contributed by atoms with E-state index in [-0.39, 0.29) is 17.9 Å². The average molecular weight is 357 g/mol. The Hall–Kier alpha value is -0.980. The summed E-state index contributed by atoms with van der Waals surface area (Å²) in [5.41, 5.74) is 0. The summed E-state index contributed by atoms with van der Waals surface area (Å²) in [7, 11) is 0. The maximum Gasteiger partial charge on any atom is 0.222 e. The van der Waals surface area contributed by atoms with Gasteiger partial charge in [-0.1, -0.05) is 13.8 Å². The van der Waals surface area contributed by atoms with Crippen LogP contribution in [0.2, 0.25) is 0 Å². The quantitative estimate of drug-likeness (QED) is 0.484. The van der Waals surface area contributed by atoms with Crippen molar-refractivity contribution in [2.45, 2.75) is 64.8 Å². The largest absolute Gasteiger partial charge is 0.379 e. The molecule has 1 aliphatic rings. The number of carbonyl (C=O) groups is 2.